The molecule has 0 aliphatic carbocycles. The summed E-state index contributed by atoms with van der Waals surface area (Å²) in [6.07, 6.45) is -7.23. The van der Waals surface area contributed by atoms with Gasteiger partial charge < -0.3 is 41.7 Å². The molecule has 3 unspecified atom stereocenters. The predicted octanol–water partition coefficient (Wildman–Crippen LogP) is -2.92. The van der Waals surface area contributed by atoms with Gasteiger partial charge in [0.2, 0.25) is 0 Å². The van der Waals surface area contributed by atoms with Crippen LogP contribution in [0, 0.1) is 5.41 Å². The largest absolute Gasteiger partial charge is 0.477 e. The number of rotatable bonds is 18. The van der Waals surface area contributed by atoms with Crippen LogP contribution < -0.4 is 28.4 Å². The Balaban J connectivity index is 7.99. The van der Waals surface area contributed by atoms with Gasteiger partial charge in [0.05, 0.1) is 25.2 Å². The number of aliphatic imine (C=N–C) groups is 1. The van der Waals surface area contributed by atoms with Crippen LogP contribution in [0.2, 0.25) is 0 Å². The maximum absolute atomic E-state index is 14.0. The van der Waals surface area contributed by atoms with Gasteiger partial charge in [0.25, 0.3) is 5.85 Å². The van der Waals surface area contributed by atoms with E-state index in [1.807, 2.05) is 0 Å². The number of halogens is 3. The van der Waals surface area contributed by atoms with E-state index >= 15 is 0 Å². The number of hydrogen-bond acceptors (Lipinski definition) is 15. The summed E-state index contributed by atoms with van der Waals surface area (Å²) in [5, 5.41) is 26.5. The van der Waals surface area contributed by atoms with Crippen molar-refractivity contribution in [3.63, 3.8) is 0 Å². The molecule has 0 spiro atoms. The third-order valence-corrected chi connectivity index (χ3v) is 4.45. The van der Waals surface area contributed by atoms with Gasteiger partial charge in [-0.25, -0.2) is 19.5 Å². The normalized spacial score (nSPS) is 16.1. The van der Waals surface area contributed by atoms with E-state index in [9.17, 15) is 37.8 Å². The highest BCUT2D eigenvalue weighted by atomic mass is 19.4. The Hall–Kier alpha value is -3.46. The van der Waals surface area contributed by atoms with E-state index < -0.39 is 88.1 Å². The fourth-order valence-corrected chi connectivity index (χ4v) is 2.87. The Bertz CT molecular complexity index is 1020. The van der Waals surface area contributed by atoms with E-state index in [-0.39, 0.29) is 6.42 Å². The minimum atomic E-state index is -5.91. The molecule has 0 saturated heterocycles. The third kappa shape index (κ3) is 9.26. The number of aliphatic carboxylic acids is 1. The van der Waals surface area contributed by atoms with Crippen molar-refractivity contribution >= 4 is 29.6 Å². The van der Waals surface area contributed by atoms with E-state index in [4.69, 9.17) is 52.3 Å². The Morgan fingerprint density at radius 3 is 2.00 bits per heavy atom. The number of ether oxygens (including phenoxy) is 2. The fourth-order valence-electron chi connectivity index (χ4n) is 2.87. The van der Waals surface area contributed by atoms with Gasteiger partial charge in [-0.3, -0.25) is 25.6 Å². The van der Waals surface area contributed by atoms with E-state index in [1.54, 1.807) is 5.48 Å². The SMILES string of the molecule is CCCON(C(=O)C(N)(O)NOC)N(C(=O)C(F)(F)F)N(OC(C)C)OC(N=C(N)N)(C(=N)N)C(OC)(OCC)C(=O)O. The van der Waals surface area contributed by atoms with Crippen molar-refractivity contribution in [1.29, 1.82) is 5.41 Å². The molecule has 12 N–H and O–H groups in total. The first-order chi connectivity index (χ1) is 19.6. The number of hydrogen-bond donors (Lipinski definition) is 8. The van der Waals surface area contributed by atoms with Crippen molar-refractivity contribution in [2.24, 2.45) is 27.9 Å². The van der Waals surface area contributed by atoms with Crippen molar-refractivity contribution in [2.75, 3.05) is 27.4 Å². The highest BCUT2D eigenvalue weighted by molar-refractivity contribution is 5.96. The Morgan fingerprint density at radius 1 is 1.09 bits per heavy atom. The Kier molecular flexibility index (Phi) is 14.6. The standard InChI is InChI=1S/C19H37F3N10O11/c1-7-9-41-31(13(34)19(27,37)29-39-6)30(12(33)18(20,21)22)32(42-10(3)4)43-16(11(23)24,28-15(25)26)17(38-5,14(35)36)40-8-2/h10,29,37H,7-9,27H2,1-6H3,(H3,23,24)(H,35,36)(H4,25,26,28). The lowest BCUT2D eigenvalue weighted by Crippen LogP contribution is -2.74. The molecular formula is C19H37F3N10O11. The molecule has 21 nitrogen and oxygen atoms in total. The lowest BCUT2D eigenvalue weighted by atomic mass is 10.0. The quantitative estimate of drug-likeness (QED) is 0.0322. The smallest absolute Gasteiger partial charge is 0.474 e. The number of carbonyl (C=O) groups is 3. The number of carboxylic acid groups (broad SMARTS) is 1. The topological polar surface area (TPSA) is 309 Å². The summed E-state index contributed by atoms with van der Waals surface area (Å²) in [6.45, 7) is 3.78. The van der Waals surface area contributed by atoms with Crippen molar-refractivity contribution in [3.8, 4) is 0 Å². The molecule has 0 radical (unpaired) electrons. The Morgan fingerprint density at radius 2 is 1.65 bits per heavy atom. The molecule has 3 atom stereocenters. The molecule has 0 fully saturated rings. The summed E-state index contributed by atoms with van der Waals surface area (Å²) < 4.78 is 52.1. The first kappa shape index (κ1) is 39.5. The average molecular weight is 639 g/mol. The summed E-state index contributed by atoms with van der Waals surface area (Å²) in [7, 11) is 1.54. The molecule has 0 heterocycles. The first-order valence-electron chi connectivity index (χ1n) is 11.9. The fraction of sp³-hybridized carbons (Fsp3) is 0.737. The second-order valence-electron chi connectivity index (χ2n) is 8.21. The number of guanidine groups is 1. The van der Waals surface area contributed by atoms with Crippen molar-refractivity contribution in [3.05, 3.63) is 0 Å². The van der Waals surface area contributed by atoms with Crippen LogP contribution in [0.4, 0.5) is 13.2 Å². The zero-order valence-electron chi connectivity index (χ0n) is 24.0. The minimum absolute atomic E-state index is 0.0219. The first-order valence-corrected chi connectivity index (χ1v) is 11.9. The summed E-state index contributed by atoms with van der Waals surface area (Å²) in [4.78, 5) is 61.8. The van der Waals surface area contributed by atoms with Crippen LogP contribution >= 0.6 is 0 Å². The number of carbonyl (C=O) groups excluding carboxylic acids is 2. The molecule has 0 saturated carbocycles. The maximum Gasteiger partial charge on any atom is 0.474 e. The van der Waals surface area contributed by atoms with E-state index in [1.165, 1.54) is 13.8 Å². The number of alkyl halides is 3. The predicted molar refractivity (Wildman–Crippen MR) is 134 cm³/mol. The van der Waals surface area contributed by atoms with Crippen LogP contribution in [0.15, 0.2) is 4.99 Å². The van der Waals surface area contributed by atoms with Crippen LogP contribution in [0.25, 0.3) is 0 Å². The van der Waals surface area contributed by atoms with Crippen LogP contribution in [-0.2, 0) is 43.2 Å². The molecule has 0 aromatic rings. The number of methoxy groups -OCH3 is 1. The van der Waals surface area contributed by atoms with Gasteiger partial charge >= 0.3 is 35.5 Å². The molecule has 24 heteroatoms. The van der Waals surface area contributed by atoms with Gasteiger partial charge in [-0.15, -0.1) is 5.48 Å². The van der Waals surface area contributed by atoms with Gasteiger partial charge in [0.1, 0.15) is 0 Å². The summed E-state index contributed by atoms with van der Waals surface area (Å²) in [5.74, 6) is -16.7. The molecule has 0 aromatic carbocycles. The zero-order chi connectivity index (χ0) is 34.0. The lowest BCUT2D eigenvalue weighted by molar-refractivity contribution is -0.546. The summed E-state index contributed by atoms with van der Waals surface area (Å²) >= 11 is 0. The van der Waals surface area contributed by atoms with Crippen molar-refractivity contribution in [2.45, 2.75) is 63.8 Å². The highest BCUT2D eigenvalue weighted by Gasteiger charge is 2.67. The van der Waals surface area contributed by atoms with Crippen molar-refractivity contribution < 1.29 is 66.6 Å². The number of aliphatic hydroxyl groups is 1. The molecule has 0 aliphatic rings. The zero-order valence-corrected chi connectivity index (χ0v) is 24.0. The summed E-state index contributed by atoms with van der Waals surface area (Å²) in [6, 6.07) is 0. The van der Waals surface area contributed by atoms with E-state index in [0.29, 0.717) is 7.11 Å². The van der Waals surface area contributed by atoms with Crippen LogP contribution in [0.1, 0.15) is 34.1 Å². The number of nitrogens with zero attached hydrogens (tertiary/aromatic N) is 4. The minimum Gasteiger partial charge on any atom is -0.477 e. The molecule has 0 aliphatic heterocycles. The van der Waals surface area contributed by atoms with Crippen LogP contribution in [0.3, 0.4) is 0 Å². The van der Waals surface area contributed by atoms with Gasteiger partial charge in [0, 0.05) is 13.7 Å². The molecule has 0 bridgehead atoms. The molecule has 43 heavy (non-hydrogen) atoms. The average Bonchev–Trinajstić information content (AvgIpc) is 2.86. The second-order valence-corrected chi connectivity index (χ2v) is 8.21. The molecule has 250 valence electrons. The summed E-state index contributed by atoms with van der Waals surface area (Å²) in [5.41, 5.74) is 19.9. The van der Waals surface area contributed by atoms with Gasteiger partial charge in [0.15, 0.2) is 11.8 Å². The van der Waals surface area contributed by atoms with Gasteiger partial charge in [-0.2, -0.15) is 13.2 Å². The second kappa shape index (κ2) is 15.8. The third-order valence-electron chi connectivity index (χ3n) is 4.45. The highest BCUT2D eigenvalue weighted by Crippen LogP contribution is 2.36. The lowest BCUT2D eigenvalue weighted by Gasteiger charge is -2.46. The number of hydrazine groups is 2. The van der Waals surface area contributed by atoms with Gasteiger partial charge in [-0.1, -0.05) is 17.2 Å². The van der Waals surface area contributed by atoms with Crippen molar-refractivity contribution in [1.82, 2.24) is 21.1 Å². The molecule has 0 rings (SSSR count). The van der Waals surface area contributed by atoms with Crippen LogP contribution in [0.5, 0.6) is 0 Å². The molecule has 0 aromatic heterocycles. The van der Waals surface area contributed by atoms with E-state index in [0.717, 1.165) is 21.0 Å². The number of amides is 2. The molecular weight excluding hydrogens is 601 g/mol. The monoisotopic (exact) mass is 638 g/mol. The van der Waals surface area contributed by atoms with Crippen LogP contribution in [-0.4, -0.2) is 112 Å². The molecule has 2 amide bonds. The number of nitrogens with two attached hydrogens (primary N) is 4. The van der Waals surface area contributed by atoms with Gasteiger partial charge in [-0.05, 0) is 27.2 Å². The number of hydroxylamine groups is 2. The number of nitrogens with one attached hydrogen (secondary N) is 2. The number of carboxylic acids is 1. The van der Waals surface area contributed by atoms with E-state index in [2.05, 4.69) is 9.83 Å². The Labute approximate surface area is 242 Å². The maximum atomic E-state index is 14.0. The number of amidine groups is 1.